The monoisotopic (exact) mass is 462 g/mol. The molecule has 6 nitrogen and oxygen atoms in total. The number of esters is 1. The van der Waals surface area contributed by atoms with Crippen LogP contribution in [0.1, 0.15) is 46.8 Å². The number of nitrogens with zero attached hydrogens (tertiary/aromatic N) is 1. The molecule has 0 saturated carbocycles. The summed E-state index contributed by atoms with van der Waals surface area (Å²) >= 11 is 4.57. The van der Waals surface area contributed by atoms with Gasteiger partial charge < -0.3 is 14.5 Å². The van der Waals surface area contributed by atoms with Crippen LogP contribution in [0.2, 0.25) is 0 Å². The number of amides is 1. The number of rotatable bonds is 5. The Morgan fingerprint density at radius 2 is 2.29 bits per heavy atom. The molecule has 28 heavy (non-hydrogen) atoms. The van der Waals surface area contributed by atoms with E-state index in [2.05, 4.69) is 28.2 Å². The minimum absolute atomic E-state index is 0.114. The molecule has 2 heterocycles. The van der Waals surface area contributed by atoms with Crippen LogP contribution < -0.4 is 5.32 Å². The van der Waals surface area contributed by atoms with Crippen LogP contribution in [0.4, 0.5) is 5.00 Å². The predicted octanol–water partition coefficient (Wildman–Crippen LogP) is 4.95. The number of thiophene rings is 1. The van der Waals surface area contributed by atoms with Crippen molar-refractivity contribution in [1.29, 1.82) is 5.26 Å². The van der Waals surface area contributed by atoms with Crippen molar-refractivity contribution in [3.05, 3.63) is 44.1 Å². The van der Waals surface area contributed by atoms with E-state index in [0.29, 0.717) is 26.9 Å². The maximum Gasteiger partial charge on any atom is 0.341 e. The van der Waals surface area contributed by atoms with Gasteiger partial charge >= 0.3 is 5.97 Å². The van der Waals surface area contributed by atoms with Crippen LogP contribution in [0.3, 0.4) is 0 Å². The normalized spacial score (nSPS) is 16.2. The smallest absolute Gasteiger partial charge is 0.341 e. The molecule has 1 N–H and O–H groups in total. The van der Waals surface area contributed by atoms with Crippen molar-refractivity contribution in [2.24, 2.45) is 5.92 Å². The molecule has 1 atom stereocenters. The fraction of sp³-hybridized carbons (Fsp3) is 0.350. The summed E-state index contributed by atoms with van der Waals surface area (Å²) in [5.74, 6) is -0.130. The Kier molecular flexibility index (Phi) is 6.37. The molecule has 1 aliphatic carbocycles. The summed E-state index contributed by atoms with van der Waals surface area (Å²) in [6.07, 6.45) is 3.99. The molecule has 2 aromatic heterocycles. The molecule has 0 bridgehead atoms. The Hall–Kier alpha value is -2.37. The van der Waals surface area contributed by atoms with Gasteiger partial charge in [-0.3, -0.25) is 4.79 Å². The lowest BCUT2D eigenvalue weighted by atomic mass is 9.88. The van der Waals surface area contributed by atoms with Gasteiger partial charge in [-0.1, -0.05) is 6.92 Å². The molecule has 0 aromatic carbocycles. The van der Waals surface area contributed by atoms with E-state index in [-0.39, 0.29) is 12.2 Å². The fourth-order valence-corrected chi connectivity index (χ4v) is 4.84. The molecule has 0 radical (unpaired) electrons. The summed E-state index contributed by atoms with van der Waals surface area (Å²) in [7, 11) is 0. The molecule has 1 aliphatic rings. The Labute approximate surface area is 175 Å². The van der Waals surface area contributed by atoms with Gasteiger partial charge in [0, 0.05) is 11.0 Å². The zero-order valence-corrected chi connectivity index (χ0v) is 17.9. The van der Waals surface area contributed by atoms with Gasteiger partial charge in [0.2, 0.25) is 0 Å². The van der Waals surface area contributed by atoms with E-state index in [0.717, 1.165) is 29.7 Å². The van der Waals surface area contributed by atoms with E-state index >= 15 is 0 Å². The number of nitrogens with one attached hydrogen (secondary N) is 1. The number of nitriles is 1. The molecule has 1 unspecified atom stereocenters. The third kappa shape index (κ3) is 4.37. The fourth-order valence-electron chi connectivity index (χ4n) is 3.13. The van der Waals surface area contributed by atoms with E-state index in [1.54, 1.807) is 19.1 Å². The van der Waals surface area contributed by atoms with Crippen molar-refractivity contribution in [2.45, 2.75) is 33.1 Å². The average Bonchev–Trinajstić information content (AvgIpc) is 3.21. The third-order valence-electron chi connectivity index (χ3n) is 4.46. The molecule has 0 aliphatic heterocycles. The van der Waals surface area contributed by atoms with E-state index in [1.807, 2.05) is 6.07 Å². The third-order valence-corrected chi connectivity index (χ3v) is 6.06. The second kappa shape index (κ2) is 8.76. The maximum atomic E-state index is 12.7. The lowest BCUT2D eigenvalue weighted by Crippen LogP contribution is -2.17. The number of hydrogen-bond donors (Lipinski definition) is 1. The van der Waals surface area contributed by atoms with Crippen LogP contribution in [-0.2, 0) is 22.4 Å². The number of fused-ring (bicyclic) bond motifs is 1. The summed E-state index contributed by atoms with van der Waals surface area (Å²) in [4.78, 5) is 26.3. The summed E-state index contributed by atoms with van der Waals surface area (Å²) in [5, 5.41) is 12.6. The van der Waals surface area contributed by atoms with Gasteiger partial charge in [-0.2, -0.15) is 5.26 Å². The molecule has 0 saturated heterocycles. The van der Waals surface area contributed by atoms with E-state index in [1.165, 1.54) is 17.4 Å². The summed E-state index contributed by atoms with van der Waals surface area (Å²) in [6.45, 7) is 4.17. The number of ether oxygens (including phenoxy) is 1. The highest BCUT2D eigenvalue weighted by atomic mass is 79.9. The van der Waals surface area contributed by atoms with Crippen molar-refractivity contribution < 1.29 is 18.7 Å². The van der Waals surface area contributed by atoms with Crippen LogP contribution in [0.15, 0.2) is 26.8 Å². The van der Waals surface area contributed by atoms with Gasteiger partial charge in [0.1, 0.15) is 22.4 Å². The van der Waals surface area contributed by atoms with Gasteiger partial charge in [0.15, 0.2) is 4.67 Å². The Bertz CT molecular complexity index is 983. The van der Waals surface area contributed by atoms with Crippen LogP contribution in [0.5, 0.6) is 0 Å². The van der Waals surface area contributed by atoms with Gasteiger partial charge in [0.25, 0.3) is 5.91 Å². The SMILES string of the molecule is CCOC(=O)c1c(NC(=O)C(C#N)=Cc2ccc(Br)o2)sc2c1CCC(C)C2. The summed E-state index contributed by atoms with van der Waals surface area (Å²) in [5.41, 5.74) is 1.26. The first-order chi connectivity index (χ1) is 13.4. The highest BCUT2D eigenvalue weighted by Gasteiger charge is 2.29. The minimum atomic E-state index is -0.591. The van der Waals surface area contributed by atoms with E-state index < -0.39 is 11.9 Å². The Balaban J connectivity index is 1.92. The second-order valence-electron chi connectivity index (χ2n) is 6.54. The predicted molar refractivity (Wildman–Crippen MR) is 110 cm³/mol. The van der Waals surface area contributed by atoms with Gasteiger partial charge in [0.05, 0.1) is 12.2 Å². The molecule has 0 spiro atoms. The largest absolute Gasteiger partial charge is 0.462 e. The number of hydrogen-bond acceptors (Lipinski definition) is 6. The van der Waals surface area contributed by atoms with Crippen molar-refractivity contribution in [3.63, 3.8) is 0 Å². The molecule has 8 heteroatoms. The van der Waals surface area contributed by atoms with Gasteiger partial charge in [-0.15, -0.1) is 11.3 Å². The zero-order chi connectivity index (χ0) is 20.3. The number of anilines is 1. The standard InChI is InChI=1S/C20H19BrN2O4S/c1-3-26-20(25)17-14-6-4-11(2)8-15(14)28-19(17)23-18(24)12(10-22)9-13-5-7-16(21)27-13/h5,7,9,11H,3-4,6,8H2,1-2H3,(H,23,24). The second-order valence-corrected chi connectivity index (χ2v) is 8.43. The van der Waals surface area contributed by atoms with Crippen LogP contribution >= 0.6 is 27.3 Å². The van der Waals surface area contributed by atoms with Crippen LogP contribution in [0, 0.1) is 17.2 Å². The maximum absolute atomic E-state index is 12.7. The molecule has 0 fully saturated rings. The molecule has 3 rings (SSSR count). The van der Waals surface area contributed by atoms with Crippen molar-refractivity contribution in [1.82, 2.24) is 0 Å². The molecular formula is C20H19BrN2O4S. The zero-order valence-electron chi connectivity index (χ0n) is 15.5. The van der Waals surface area contributed by atoms with E-state index in [9.17, 15) is 14.9 Å². The lowest BCUT2D eigenvalue weighted by molar-refractivity contribution is -0.112. The number of halogens is 1. The average molecular weight is 463 g/mol. The molecule has 1 amide bonds. The van der Waals surface area contributed by atoms with Crippen LogP contribution in [0.25, 0.3) is 6.08 Å². The van der Waals surface area contributed by atoms with Crippen molar-refractivity contribution >= 4 is 50.2 Å². The van der Waals surface area contributed by atoms with Gasteiger partial charge in [-0.25, -0.2) is 4.79 Å². The topological polar surface area (TPSA) is 92.3 Å². The Morgan fingerprint density at radius 1 is 1.50 bits per heavy atom. The number of carbonyl (C=O) groups excluding carboxylic acids is 2. The summed E-state index contributed by atoms with van der Waals surface area (Å²) in [6, 6.07) is 5.20. The molecule has 2 aromatic rings. The first-order valence-corrected chi connectivity index (χ1v) is 10.5. The molecule has 146 valence electrons. The Morgan fingerprint density at radius 3 is 2.93 bits per heavy atom. The van der Waals surface area contributed by atoms with Crippen LogP contribution in [-0.4, -0.2) is 18.5 Å². The minimum Gasteiger partial charge on any atom is -0.462 e. The molecular weight excluding hydrogens is 444 g/mol. The number of carbonyl (C=O) groups is 2. The van der Waals surface area contributed by atoms with Crippen molar-refractivity contribution in [2.75, 3.05) is 11.9 Å². The van der Waals surface area contributed by atoms with Crippen molar-refractivity contribution in [3.8, 4) is 6.07 Å². The summed E-state index contributed by atoms with van der Waals surface area (Å²) < 4.78 is 11.0. The first kappa shape index (κ1) is 20.4. The first-order valence-electron chi connectivity index (χ1n) is 8.93. The highest BCUT2D eigenvalue weighted by Crippen LogP contribution is 2.40. The van der Waals surface area contributed by atoms with Gasteiger partial charge in [-0.05, 0) is 65.7 Å². The highest BCUT2D eigenvalue weighted by molar-refractivity contribution is 9.10. The lowest BCUT2D eigenvalue weighted by Gasteiger charge is -2.18. The number of furan rings is 1. The quantitative estimate of drug-likeness (QED) is 0.385. The van der Waals surface area contributed by atoms with E-state index in [4.69, 9.17) is 9.15 Å².